The molecule has 6 nitrogen and oxygen atoms in total. The first-order valence-corrected chi connectivity index (χ1v) is 10.1. The van der Waals surface area contributed by atoms with Crippen LogP contribution >= 0.6 is 11.3 Å². The number of aromatic nitrogens is 2. The molecule has 29 heavy (non-hydrogen) atoms. The molecule has 0 aliphatic carbocycles. The van der Waals surface area contributed by atoms with E-state index in [0.29, 0.717) is 24.1 Å². The first-order chi connectivity index (χ1) is 14.0. The van der Waals surface area contributed by atoms with Crippen molar-refractivity contribution in [3.05, 3.63) is 69.6 Å². The lowest BCUT2D eigenvalue weighted by molar-refractivity contribution is 0.450. The van der Waals surface area contributed by atoms with E-state index in [-0.39, 0.29) is 5.82 Å². The summed E-state index contributed by atoms with van der Waals surface area (Å²) in [6.45, 7) is 5.31. The number of aryl methyl sites for hydroxylation is 2. The van der Waals surface area contributed by atoms with E-state index in [0.717, 1.165) is 29.2 Å². The Labute approximate surface area is 173 Å². The van der Waals surface area contributed by atoms with Gasteiger partial charge < -0.3 is 15.4 Å². The third kappa shape index (κ3) is 5.99. The van der Waals surface area contributed by atoms with E-state index in [1.165, 1.54) is 17.0 Å². The number of aliphatic imine (C=N–C) groups is 1. The highest BCUT2D eigenvalue weighted by atomic mass is 32.1. The molecule has 8 heteroatoms. The van der Waals surface area contributed by atoms with Crippen LogP contribution in [0, 0.1) is 19.7 Å². The second-order valence-electron chi connectivity index (χ2n) is 6.38. The van der Waals surface area contributed by atoms with Gasteiger partial charge in [-0.3, -0.25) is 4.99 Å². The molecule has 0 atom stereocenters. The third-order valence-corrected chi connectivity index (χ3v) is 5.37. The predicted molar refractivity (Wildman–Crippen MR) is 114 cm³/mol. The van der Waals surface area contributed by atoms with Gasteiger partial charge in [-0.15, -0.1) is 11.3 Å². The predicted octanol–water partition coefficient (Wildman–Crippen LogP) is 3.99. The molecule has 0 radical (unpaired) electrons. The summed E-state index contributed by atoms with van der Waals surface area (Å²) in [6.07, 6.45) is 2.48. The van der Waals surface area contributed by atoms with Gasteiger partial charge in [0.25, 0.3) is 0 Å². The van der Waals surface area contributed by atoms with Gasteiger partial charge in [0.15, 0.2) is 5.96 Å². The number of nitrogens with one attached hydrogen (secondary N) is 2. The average molecular weight is 414 g/mol. The maximum Gasteiger partial charge on any atom is 0.224 e. The second-order valence-corrected chi connectivity index (χ2v) is 7.67. The van der Waals surface area contributed by atoms with Gasteiger partial charge in [0, 0.05) is 49.3 Å². The zero-order valence-electron chi connectivity index (χ0n) is 16.7. The molecular formula is C21H24FN5OS. The fourth-order valence-corrected chi connectivity index (χ4v) is 3.56. The summed E-state index contributed by atoms with van der Waals surface area (Å²) in [5, 5.41) is 7.65. The highest BCUT2D eigenvalue weighted by Gasteiger charge is 2.09. The van der Waals surface area contributed by atoms with E-state index in [1.807, 2.05) is 19.1 Å². The first-order valence-electron chi connectivity index (χ1n) is 9.30. The first kappa shape index (κ1) is 20.7. The molecule has 2 N–H and O–H groups in total. The van der Waals surface area contributed by atoms with Gasteiger partial charge in [-0.25, -0.2) is 14.4 Å². The minimum absolute atomic E-state index is 0.353. The van der Waals surface area contributed by atoms with Crippen molar-refractivity contribution >= 4 is 17.3 Å². The van der Waals surface area contributed by atoms with Crippen LogP contribution in [0.25, 0.3) is 0 Å². The maximum atomic E-state index is 13.4. The Kier molecular flexibility index (Phi) is 7.13. The van der Waals surface area contributed by atoms with Gasteiger partial charge in [0.2, 0.25) is 5.88 Å². The van der Waals surface area contributed by atoms with Crippen molar-refractivity contribution in [2.24, 2.45) is 4.99 Å². The molecule has 0 bridgehead atoms. The highest BCUT2D eigenvalue weighted by molar-refractivity contribution is 7.11. The Morgan fingerprint density at radius 2 is 2.07 bits per heavy atom. The molecule has 0 spiro atoms. The van der Waals surface area contributed by atoms with Crippen LogP contribution in [0.2, 0.25) is 0 Å². The quantitative estimate of drug-likeness (QED) is 0.453. The Bertz CT molecular complexity index is 969. The van der Waals surface area contributed by atoms with E-state index in [1.54, 1.807) is 36.7 Å². The van der Waals surface area contributed by atoms with Gasteiger partial charge in [-0.2, -0.15) is 0 Å². The minimum atomic E-state index is -0.353. The molecule has 2 heterocycles. The Morgan fingerprint density at radius 3 is 2.79 bits per heavy atom. The lowest BCUT2D eigenvalue weighted by atomic mass is 10.2. The molecule has 0 saturated carbocycles. The van der Waals surface area contributed by atoms with Gasteiger partial charge >= 0.3 is 0 Å². The molecule has 0 amide bonds. The monoisotopic (exact) mass is 413 g/mol. The number of thiazole rings is 1. The molecule has 3 rings (SSSR count). The Hall–Kier alpha value is -3.00. The molecule has 1 aromatic carbocycles. The number of hydrogen-bond acceptors (Lipinski definition) is 5. The molecule has 152 valence electrons. The van der Waals surface area contributed by atoms with Crippen molar-refractivity contribution in [3.63, 3.8) is 0 Å². The van der Waals surface area contributed by atoms with Crippen molar-refractivity contribution < 1.29 is 9.13 Å². The number of ether oxygens (including phenoxy) is 1. The van der Waals surface area contributed by atoms with Crippen LogP contribution in [-0.2, 0) is 13.0 Å². The highest BCUT2D eigenvalue weighted by Crippen LogP contribution is 2.23. The topological polar surface area (TPSA) is 71.4 Å². The van der Waals surface area contributed by atoms with Crippen LogP contribution in [0.5, 0.6) is 11.6 Å². The number of hydrogen-bond donors (Lipinski definition) is 2. The lowest BCUT2D eigenvalue weighted by Crippen LogP contribution is -2.37. The van der Waals surface area contributed by atoms with Crippen LogP contribution in [0.15, 0.2) is 47.6 Å². The van der Waals surface area contributed by atoms with Crippen molar-refractivity contribution in [2.45, 2.75) is 26.8 Å². The molecule has 0 saturated heterocycles. The number of pyridine rings is 1. The molecule has 0 aliphatic rings. The van der Waals surface area contributed by atoms with Crippen molar-refractivity contribution in [1.82, 2.24) is 20.6 Å². The number of halogens is 1. The van der Waals surface area contributed by atoms with Crippen molar-refractivity contribution in [1.29, 1.82) is 0 Å². The third-order valence-electron chi connectivity index (χ3n) is 4.23. The number of guanidine groups is 1. The summed E-state index contributed by atoms with van der Waals surface area (Å²) in [6, 6.07) is 9.73. The zero-order chi connectivity index (χ0) is 20.6. The van der Waals surface area contributed by atoms with Gasteiger partial charge in [-0.1, -0.05) is 12.1 Å². The van der Waals surface area contributed by atoms with Crippen LogP contribution in [-0.4, -0.2) is 29.5 Å². The second kappa shape index (κ2) is 9.97. The summed E-state index contributed by atoms with van der Waals surface area (Å²) in [7, 11) is 1.72. The van der Waals surface area contributed by atoms with E-state index >= 15 is 0 Å². The van der Waals surface area contributed by atoms with Crippen LogP contribution in [0.1, 0.15) is 21.1 Å². The van der Waals surface area contributed by atoms with Crippen LogP contribution in [0.4, 0.5) is 4.39 Å². The Morgan fingerprint density at radius 1 is 1.21 bits per heavy atom. The van der Waals surface area contributed by atoms with Gasteiger partial charge in [-0.05, 0) is 32.0 Å². The number of benzene rings is 1. The molecule has 0 aliphatic heterocycles. The largest absolute Gasteiger partial charge is 0.439 e. The fourth-order valence-electron chi connectivity index (χ4n) is 2.63. The Balaban J connectivity index is 1.55. The average Bonchev–Trinajstić information content (AvgIpc) is 3.03. The van der Waals surface area contributed by atoms with Crippen molar-refractivity contribution in [2.75, 3.05) is 13.6 Å². The summed E-state index contributed by atoms with van der Waals surface area (Å²) in [5.41, 5.74) is 1.93. The minimum Gasteiger partial charge on any atom is -0.439 e. The molecule has 0 fully saturated rings. The SMILES string of the molecule is CN=C(NCCc1nc(C)c(C)s1)NCc1cccnc1Oc1cccc(F)c1. The van der Waals surface area contributed by atoms with Gasteiger partial charge in [0.1, 0.15) is 11.6 Å². The summed E-state index contributed by atoms with van der Waals surface area (Å²) < 4.78 is 19.1. The van der Waals surface area contributed by atoms with E-state index in [4.69, 9.17) is 4.74 Å². The molecule has 0 unspecified atom stereocenters. The lowest BCUT2D eigenvalue weighted by Gasteiger charge is -2.13. The smallest absolute Gasteiger partial charge is 0.224 e. The van der Waals surface area contributed by atoms with Crippen LogP contribution < -0.4 is 15.4 Å². The zero-order valence-corrected chi connectivity index (χ0v) is 17.5. The molecule has 3 aromatic rings. The van der Waals surface area contributed by atoms with E-state index in [2.05, 4.69) is 32.5 Å². The maximum absolute atomic E-state index is 13.4. The van der Waals surface area contributed by atoms with Crippen LogP contribution in [0.3, 0.4) is 0 Å². The normalized spacial score (nSPS) is 11.4. The molecular weight excluding hydrogens is 389 g/mol. The summed E-state index contributed by atoms with van der Waals surface area (Å²) in [4.78, 5) is 14.3. The van der Waals surface area contributed by atoms with Gasteiger partial charge in [0.05, 0.1) is 10.7 Å². The summed E-state index contributed by atoms with van der Waals surface area (Å²) in [5.74, 6) is 1.15. The molecule has 2 aromatic heterocycles. The standard InChI is InChI=1S/C21H24FN5OS/c1-14-15(2)29-19(27-14)9-11-25-21(23-3)26-13-16-6-5-10-24-20(16)28-18-8-4-7-17(22)12-18/h4-8,10,12H,9,11,13H2,1-3H3,(H2,23,25,26). The number of nitrogens with zero attached hydrogens (tertiary/aromatic N) is 3. The van der Waals surface area contributed by atoms with E-state index < -0.39 is 0 Å². The van der Waals surface area contributed by atoms with E-state index in [9.17, 15) is 4.39 Å². The van der Waals surface area contributed by atoms with Crippen molar-refractivity contribution in [3.8, 4) is 11.6 Å². The number of rotatable bonds is 7. The summed E-state index contributed by atoms with van der Waals surface area (Å²) >= 11 is 1.72. The fraction of sp³-hybridized carbons (Fsp3) is 0.286.